The SMILES string of the molecule is CCCC(CC)Nc1cc(-c2cc(CC(N)=O)cc(N3CCNCC3)n2)ccn1. The summed E-state index contributed by atoms with van der Waals surface area (Å²) in [6.45, 7) is 8.02. The molecule has 1 unspecified atom stereocenters. The summed E-state index contributed by atoms with van der Waals surface area (Å²) in [5.41, 5.74) is 8.17. The van der Waals surface area contributed by atoms with Gasteiger partial charge in [0.2, 0.25) is 5.91 Å². The monoisotopic (exact) mass is 396 g/mol. The van der Waals surface area contributed by atoms with Crippen molar-refractivity contribution in [2.24, 2.45) is 5.73 Å². The number of anilines is 2. The van der Waals surface area contributed by atoms with Crippen LogP contribution < -0.4 is 21.3 Å². The molecule has 7 heteroatoms. The van der Waals surface area contributed by atoms with E-state index in [2.05, 4.69) is 34.4 Å². The molecule has 1 saturated heterocycles. The van der Waals surface area contributed by atoms with Crippen LogP contribution in [0.25, 0.3) is 11.3 Å². The Hall–Kier alpha value is -2.67. The average Bonchev–Trinajstić information content (AvgIpc) is 2.73. The highest BCUT2D eigenvalue weighted by atomic mass is 16.1. The predicted octanol–water partition coefficient (Wildman–Crippen LogP) is 2.57. The van der Waals surface area contributed by atoms with Crippen molar-refractivity contribution in [2.45, 2.75) is 45.6 Å². The van der Waals surface area contributed by atoms with E-state index in [1.807, 2.05) is 30.5 Å². The maximum atomic E-state index is 11.5. The summed E-state index contributed by atoms with van der Waals surface area (Å²) in [6.07, 6.45) is 5.32. The second-order valence-corrected chi connectivity index (χ2v) is 7.57. The van der Waals surface area contributed by atoms with Crippen LogP contribution in [0, 0.1) is 0 Å². The Balaban J connectivity index is 1.91. The number of amides is 1. The summed E-state index contributed by atoms with van der Waals surface area (Å²) in [5.74, 6) is 1.41. The molecular formula is C22H32N6O. The van der Waals surface area contributed by atoms with Crippen LogP contribution in [0.5, 0.6) is 0 Å². The van der Waals surface area contributed by atoms with Crippen LogP contribution in [0.3, 0.4) is 0 Å². The van der Waals surface area contributed by atoms with Gasteiger partial charge in [-0.15, -0.1) is 0 Å². The molecule has 156 valence electrons. The van der Waals surface area contributed by atoms with Gasteiger partial charge in [-0.05, 0) is 42.7 Å². The zero-order chi connectivity index (χ0) is 20.6. The number of primary amides is 1. The molecule has 1 amide bonds. The first kappa shape index (κ1) is 21.0. The van der Waals surface area contributed by atoms with E-state index >= 15 is 0 Å². The Kier molecular flexibility index (Phi) is 7.41. The number of nitrogens with two attached hydrogens (primary N) is 1. The van der Waals surface area contributed by atoms with Crippen molar-refractivity contribution in [3.8, 4) is 11.3 Å². The van der Waals surface area contributed by atoms with E-state index in [9.17, 15) is 4.79 Å². The van der Waals surface area contributed by atoms with Gasteiger partial charge in [-0.25, -0.2) is 9.97 Å². The van der Waals surface area contributed by atoms with Gasteiger partial charge in [0.1, 0.15) is 11.6 Å². The van der Waals surface area contributed by atoms with Crippen molar-refractivity contribution >= 4 is 17.5 Å². The van der Waals surface area contributed by atoms with E-state index in [4.69, 9.17) is 10.7 Å². The van der Waals surface area contributed by atoms with Gasteiger partial charge in [-0.2, -0.15) is 0 Å². The summed E-state index contributed by atoms with van der Waals surface area (Å²) in [6, 6.07) is 8.35. The molecule has 0 spiro atoms. The highest BCUT2D eigenvalue weighted by molar-refractivity contribution is 5.78. The Bertz CT molecular complexity index is 819. The molecule has 2 aromatic heterocycles. The lowest BCUT2D eigenvalue weighted by molar-refractivity contribution is -0.117. The molecule has 0 radical (unpaired) electrons. The van der Waals surface area contributed by atoms with E-state index in [1.165, 1.54) is 0 Å². The molecule has 0 aromatic carbocycles. The lowest BCUT2D eigenvalue weighted by atomic mass is 10.1. The molecule has 3 rings (SSSR count). The maximum Gasteiger partial charge on any atom is 0.221 e. The highest BCUT2D eigenvalue weighted by Crippen LogP contribution is 2.25. The number of carbonyl (C=O) groups is 1. The molecule has 7 nitrogen and oxygen atoms in total. The summed E-state index contributed by atoms with van der Waals surface area (Å²) in [4.78, 5) is 23.2. The quantitative estimate of drug-likeness (QED) is 0.603. The van der Waals surface area contributed by atoms with Gasteiger partial charge >= 0.3 is 0 Å². The standard InChI is InChI=1S/C22H32N6O/c1-3-5-18(4-2)26-21-15-17(6-7-25-21)19-12-16(13-20(23)29)14-22(27-19)28-10-8-24-9-11-28/h6-7,12,14-15,18,24H,3-5,8-11,13H2,1-2H3,(H2,23,29)(H,25,26). The van der Waals surface area contributed by atoms with Crippen molar-refractivity contribution in [3.63, 3.8) is 0 Å². The molecule has 0 aliphatic carbocycles. The fourth-order valence-corrected chi connectivity index (χ4v) is 3.68. The first-order chi connectivity index (χ1) is 14.1. The summed E-state index contributed by atoms with van der Waals surface area (Å²) in [5, 5.41) is 6.89. The number of nitrogens with zero attached hydrogens (tertiary/aromatic N) is 3. The zero-order valence-corrected chi connectivity index (χ0v) is 17.4. The van der Waals surface area contributed by atoms with E-state index < -0.39 is 0 Å². The second-order valence-electron chi connectivity index (χ2n) is 7.57. The molecule has 0 bridgehead atoms. The van der Waals surface area contributed by atoms with Crippen LogP contribution in [0.15, 0.2) is 30.5 Å². The Labute approximate surface area is 173 Å². The number of nitrogens with one attached hydrogen (secondary N) is 2. The van der Waals surface area contributed by atoms with Crippen molar-refractivity contribution in [3.05, 3.63) is 36.0 Å². The lowest BCUT2D eigenvalue weighted by Gasteiger charge is -2.29. The van der Waals surface area contributed by atoms with E-state index in [0.717, 1.165) is 73.9 Å². The molecular weight excluding hydrogens is 364 g/mol. The van der Waals surface area contributed by atoms with Crippen molar-refractivity contribution in [2.75, 3.05) is 36.4 Å². The topological polar surface area (TPSA) is 96.2 Å². The molecule has 1 fully saturated rings. The third-order valence-corrected chi connectivity index (χ3v) is 5.23. The Morgan fingerprint density at radius 2 is 2.07 bits per heavy atom. The van der Waals surface area contributed by atoms with Crippen LogP contribution in [-0.4, -0.2) is 48.1 Å². The second kappa shape index (κ2) is 10.2. The predicted molar refractivity (Wildman–Crippen MR) is 118 cm³/mol. The minimum Gasteiger partial charge on any atom is -0.369 e. The van der Waals surface area contributed by atoms with E-state index in [-0.39, 0.29) is 12.3 Å². The normalized spacial score (nSPS) is 15.2. The van der Waals surface area contributed by atoms with Gasteiger partial charge in [0.05, 0.1) is 12.1 Å². The molecule has 1 atom stereocenters. The smallest absolute Gasteiger partial charge is 0.221 e. The number of aromatic nitrogens is 2. The summed E-state index contributed by atoms with van der Waals surface area (Å²) in [7, 11) is 0. The van der Waals surface area contributed by atoms with Crippen molar-refractivity contribution in [1.82, 2.24) is 15.3 Å². The van der Waals surface area contributed by atoms with Crippen LogP contribution in [0.4, 0.5) is 11.6 Å². The van der Waals surface area contributed by atoms with Crippen molar-refractivity contribution < 1.29 is 4.79 Å². The van der Waals surface area contributed by atoms with Gasteiger partial charge in [-0.1, -0.05) is 20.3 Å². The summed E-state index contributed by atoms with van der Waals surface area (Å²) < 4.78 is 0. The van der Waals surface area contributed by atoms with Gasteiger partial charge in [0, 0.05) is 44.0 Å². The van der Waals surface area contributed by atoms with Crippen LogP contribution >= 0.6 is 0 Å². The lowest BCUT2D eigenvalue weighted by Crippen LogP contribution is -2.44. The number of piperazine rings is 1. The molecule has 4 N–H and O–H groups in total. The first-order valence-electron chi connectivity index (χ1n) is 10.6. The van der Waals surface area contributed by atoms with Gasteiger partial charge in [-0.3, -0.25) is 4.79 Å². The van der Waals surface area contributed by atoms with Crippen LogP contribution in [0.1, 0.15) is 38.7 Å². The number of pyridine rings is 2. The van der Waals surface area contributed by atoms with Gasteiger partial charge in [0.15, 0.2) is 0 Å². The van der Waals surface area contributed by atoms with Crippen LogP contribution in [0.2, 0.25) is 0 Å². The van der Waals surface area contributed by atoms with Gasteiger partial charge in [0.25, 0.3) is 0 Å². The number of hydrogen-bond donors (Lipinski definition) is 3. The van der Waals surface area contributed by atoms with E-state index in [0.29, 0.717) is 6.04 Å². The number of rotatable bonds is 9. The van der Waals surface area contributed by atoms with Gasteiger partial charge < -0.3 is 21.3 Å². The third kappa shape index (κ3) is 5.90. The zero-order valence-electron chi connectivity index (χ0n) is 17.4. The average molecular weight is 397 g/mol. The minimum absolute atomic E-state index is 0.208. The highest BCUT2D eigenvalue weighted by Gasteiger charge is 2.15. The number of hydrogen-bond acceptors (Lipinski definition) is 6. The van der Waals surface area contributed by atoms with Crippen LogP contribution in [-0.2, 0) is 11.2 Å². The minimum atomic E-state index is -0.337. The molecule has 1 aliphatic rings. The number of carbonyl (C=O) groups excluding carboxylic acids is 1. The fraction of sp³-hybridized carbons (Fsp3) is 0.500. The third-order valence-electron chi connectivity index (χ3n) is 5.23. The Morgan fingerprint density at radius 1 is 1.28 bits per heavy atom. The fourth-order valence-electron chi connectivity index (χ4n) is 3.68. The molecule has 0 saturated carbocycles. The summed E-state index contributed by atoms with van der Waals surface area (Å²) >= 11 is 0. The van der Waals surface area contributed by atoms with E-state index in [1.54, 1.807) is 0 Å². The molecule has 1 aliphatic heterocycles. The molecule has 2 aromatic rings. The Morgan fingerprint density at radius 3 is 2.76 bits per heavy atom. The first-order valence-corrected chi connectivity index (χ1v) is 10.6. The molecule has 29 heavy (non-hydrogen) atoms. The van der Waals surface area contributed by atoms with Crippen molar-refractivity contribution in [1.29, 1.82) is 0 Å². The largest absolute Gasteiger partial charge is 0.369 e. The molecule has 3 heterocycles. The maximum absolute atomic E-state index is 11.5.